The Morgan fingerprint density at radius 2 is 1.33 bits per heavy atom. The van der Waals surface area contributed by atoms with Gasteiger partial charge in [0, 0.05) is 17.5 Å². The van der Waals surface area contributed by atoms with Gasteiger partial charge in [0.25, 0.3) is 5.91 Å². The second-order valence-corrected chi connectivity index (χ2v) is 7.17. The van der Waals surface area contributed by atoms with Crippen LogP contribution in [-0.2, 0) is 6.42 Å². The molecule has 1 amide bonds. The lowest BCUT2D eigenvalue weighted by Crippen LogP contribution is -2.17. The molecule has 0 aliphatic carbocycles. The predicted molar refractivity (Wildman–Crippen MR) is 111 cm³/mol. The van der Waals surface area contributed by atoms with Crippen molar-refractivity contribution >= 4 is 43.9 Å². The normalized spacial score (nSPS) is 14.1. The van der Waals surface area contributed by atoms with Gasteiger partial charge in [0.05, 0.1) is 5.71 Å². The summed E-state index contributed by atoms with van der Waals surface area (Å²) in [7, 11) is 0. The number of hydrogen-bond donors (Lipinski definition) is 0. The summed E-state index contributed by atoms with van der Waals surface area (Å²) in [5, 5.41) is 7.43. The summed E-state index contributed by atoms with van der Waals surface area (Å²) in [4.78, 5) is 17.0. The molecule has 126 valence electrons. The molecule has 2 nitrogen and oxygen atoms in total. The summed E-state index contributed by atoms with van der Waals surface area (Å²) < 4.78 is 0. The van der Waals surface area contributed by atoms with Crippen molar-refractivity contribution in [2.75, 3.05) is 0 Å². The number of fused-ring (bicyclic) bond motifs is 1. The molecule has 0 saturated carbocycles. The van der Waals surface area contributed by atoms with E-state index in [9.17, 15) is 4.79 Å². The molecule has 0 saturated heterocycles. The highest BCUT2D eigenvalue weighted by Crippen LogP contribution is 2.36. The molecule has 1 aliphatic heterocycles. The van der Waals surface area contributed by atoms with Gasteiger partial charge in [0.1, 0.15) is 0 Å². The van der Waals surface area contributed by atoms with E-state index in [-0.39, 0.29) is 5.91 Å². The van der Waals surface area contributed by atoms with Gasteiger partial charge in [-0.15, -0.1) is 0 Å². The lowest BCUT2D eigenvalue weighted by Gasteiger charge is -2.18. The molecule has 1 aliphatic rings. The van der Waals surface area contributed by atoms with Gasteiger partial charge in [-0.25, -0.2) is 4.99 Å². The maximum Gasteiger partial charge on any atom is 0.277 e. The number of carbonyl (C=O) groups excluding carboxylic acids is 1. The maximum atomic E-state index is 12.6. The topological polar surface area (TPSA) is 29.4 Å². The molecule has 5 aromatic carbocycles. The van der Waals surface area contributed by atoms with Crippen molar-refractivity contribution in [3.63, 3.8) is 0 Å². The Kier molecular flexibility index (Phi) is 2.84. The molecule has 0 unspecified atom stereocenters. The fourth-order valence-electron chi connectivity index (χ4n) is 4.43. The number of benzene rings is 5. The van der Waals surface area contributed by atoms with Gasteiger partial charge in [0.2, 0.25) is 0 Å². The van der Waals surface area contributed by atoms with E-state index in [1.165, 1.54) is 32.3 Å². The van der Waals surface area contributed by atoms with E-state index in [0.717, 1.165) is 22.4 Å². The molecular formula is C25H15NO. The molecule has 0 radical (unpaired) electrons. The lowest BCUT2D eigenvalue weighted by molar-refractivity contribution is 0.1000. The number of rotatable bonds is 1. The summed E-state index contributed by atoms with van der Waals surface area (Å²) in [5.74, 6) is -0.141. The minimum atomic E-state index is -0.141. The Labute approximate surface area is 156 Å². The van der Waals surface area contributed by atoms with Crippen molar-refractivity contribution in [3.05, 3.63) is 95.6 Å². The van der Waals surface area contributed by atoms with E-state index in [2.05, 4.69) is 59.6 Å². The van der Waals surface area contributed by atoms with Crippen LogP contribution in [0.2, 0.25) is 0 Å². The molecule has 0 bridgehead atoms. The maximum absolute atomic E-state index is 12.6. The fourth-order valence-corrected chi connectivity index (χ4v) is 4.43. The van der Waals surface area contributed by atoms with E-state index >= 15 is 0 Å². The highest BCUT2D eigenvalue weighted by Gasteiger charge is 2.21. The number of carbonyl (C=O) groups is 1. The van der Waals surface area contributed by atoms with E-state index in [1.54, 1.807) is 0 Å². The van der Waals surface area contributed by atoms with Crippen molar-refractivity contribution in [2.24, 2.45) is 4.99 Å². The van der Waals surface area contributed by atoms with Crippen LogP contribution in [0.5, 0.6) is 0 Å². The molecule has 27 heavy (non-hydrogen) atoms. The standard InChI is InChI=1S/C25H15NO/c27-25-19-7-2-1-4-18(19)14-22(26-25)20-12-10-17-9-8-15-5-3-6-16-11-13-21(20)24(17)23(15)16/h1-13H,14H2. The summed E-state index contributed by atoms with van der Waals surface area (Å²) in [6.45, 7) is 0. The van der Waals surface area contributed by atoms with Crippen LogP contribution in [0.3, 0.4) is 0 Å². The molecule has 0 atom stereocenters. The van der Waals surface area contributed by atoms with Crippen molar-refractivity contribution in [2.45, 2.75) is 6.42 Å². The largest absolute Gasteiger partial charge is 0.277 e. The molecular weight excluding hydrogens is 330 g/mol. The number of nitrogens with zero attached hydrogens (tertiary/aromatic N) is 1. The van der Waals surface area contributed by atoms with Crippen LogP contribution in [0.25, 0.3) is 32.3 Å². The zero-order valence-corrected chi connectivity index (χ0v) is 14.6. The zero-order valence-electron chi connectivity index (χ0n) is 14.6. The van der Waals surface area contributed by atoms with Crippen LogP contribution < -0.4 is 0 Å². The first-order valence-corrected chi connectivity index (χ1v) is 9.16. The fraction of sp³-hybridized carbons (Fsp3) is 0.0400. The molecule has 2 heteroatoms. The van der Waals surface area contributed by atoms with Gasteiger partial charge >= 0.3 is 0 Å². The molecule has 0 fully saturated rings. The van der Waals surface area contributed by atoms with Gasteiger partial charge in [-0.1, -0.05) is 72.8 Å². The van der Waals surface area contributed by atoms with Gasteiger partial charge in [-0.3, -0.25) is 4.79 Å². The summed E-state index contributed by atoms with van der Waals surface area (Å²) in [6.07, 6.45) is 0.686. The van der Waals surface area contributed by atoms with E-state index < -0.39 is 0 Å². The van der Waals surface area contributed by atoms with Crippen LogP contribution in [0.4, 0.5) is 0 Å². The van der Waals surface area contributed by atoms with Crippen LogP contribution >= 0.6 is 0 Å². The van der Waals surface area contributed by atoms with Gasteiger partial charge in [0.15, 0.2) is 0 Å². The highest BCUT2D eigenvalue weighted by molar-refractivity contribution is 6.28. The zero-order chi connectivity index (χ0) is 18.0. The smallest absolute Gasteiger partial charge is 0.267 e. The number of amides is 1. The Bertz CT molecular complexity index is 1390. The minimum Gasteiger partial charge on any atom is -0.267 e. The van der Waals surface area contributed by atoms with E-state index in [4.69, 9.17) is 0 Å². The second-order valence-electron chi connectivity index (χ2n) is 7.17. The minimum absolute atomic E-state index is 0.141. The second kappa shape index (κ2) is 5.24. The SMILES string of the molecule is O=C1N=C(c2ccc3ccc4cccc5ccc2c3c45)Cc2ccccc21. The lowest BCUT2D eigenvalue weighted by atomic mass is 9.88. The van der Waals surface area contributed by atoms with Gasteiger partial charge < -0.3 is 0 Å². The van der Waals surface area contributed by atoms with Crippen LogP contribution in [0.15, 0.2) is 83.9 Å². The Balaban J connectivity index is 1.66. The number of hydrogen-bond acceptors (Lipinski definition) is 1. The Hall–Kier alpha value is -3.52. The monoisotopic (exact) mass is 345 g/mol. The van der Waals surface area contributed by atoms with Crippen molar-refractivity contribution < 1.29 is 4.79 Å². The predicted octanol–water partition coefficient (Wildman–Crippen LogP) is 5.77. The third-order valence-electron chi connectivity index (χ3n) is 5.68. The summed E-state index contributed by atoms with van der Waals surface area (Å²) in [5.41, 5.74) is 3.69. The molecule has 0 spiro atoms. The van der Waals surface area contributed by atoms with Gasteiger partial charge in [-0.2, -0.15) is 0 Å². The third-order valence-corrected chi connectivity index (χ3v) is 5.68. The summed E-state index contributed by atoms with van der Waals surface area (Å²) in [6, 6.07) is 27.2. The molecule has 0 aromatic heterocycles. The first-order valence-electron chi connectivity index (χ1n) is 9.16. The Morgan fingerprint density at radius 1 is 0.630 bits per heavy atom. The van der Waals surface area contributed by atoms with Gasteiger partial charge in [-0.05, 0) is 43.9 Å². The van der Waals surface area contributed by atoms with E-state index in [0.29, 0.717) is 6.42 Å². The average Bonchev–Trinajstić information content (AvgIpc) is 2.72. The van der Waals surface area contributed by atoms with Crippen LogP contribution in [-0.4, -0.2) is 11.6 Å². The number of aliphatic imine (C=N–C) groups is 1. The van der Waals surface area contributed by atoms with Crippen LogP contribution in [0.1, 0.15) is 21.5 Å². The highest BCUT2D eigenvalue weighted by atomic mass is 16.1. The first kappa shape index (κ1) is 14.6. The molecule has 1 heterocycles. The van der Waals surface area contributed by atoms with Crippen molar-refractivity contribution in [3.8, 4) is 0 Å². The third kappa shape index (κ3) is 2.01. The molecule has 5 aromatic rings. The average molecular weight is 345 g/mol. The Morgan fingerprint density at radius 3 is 2.19 bits per heavy atom. The molecule has 0 N–H and O–H groups in total. The van der Waals surface area contributed by atoms with E-state index in [1.807, 2.05) is 24.3 Å². The molecule has 6 rings (SSSR count). The first-order chi connectivity index (χ1) is 13.3. The quantitative estimate of drug-likeness (QED) is 0.355. The van der Waals surface area contributed by atoms with Crippen LogP contribution in [0, 0.1) is 0 Å². The summed E-state index contributed by atoms with van der Waals surface area (Å²) >= 11 is 0. The van der Waals surface area contributed by atoms with Crippen molar-refractivity contribution in [1.29, 1.82) is 0 Å². The van der Waals surface area contributed by atoms with Crippen molar-refractivity contribution in [1.82, 2.24) is 0 Å².